The first kappa shape index (κ1) is 47.5. The van der Waals surface area contributed by atoms with Crippen molar-refractivity contribution in [1.29, 1.82) is 0 Å². The Kier molecular flexibility index (Phi) is 12.8. The average Bonchev–Trinajstić information content (AvgIpc) is 3.29. The van der Waals surface area contributed by atoms with Gasteiger partial charge < -0.3 is 0 Å². The van der Waals surface area contributed by atoms with Gasteiger partial charge in [-0.15, -0.1) is 21.9 Å². The van der Waals surface area contributed by atoms with Crippen molar-refractivity contribution in [2.75, 3.05) is 0 Å². The third kappa shape index (κ3) is 7.46. The topological polar surface area (TPSA) is 20.9 Å². The normalized spacial score (nSPS) is 11.6. The number of benzene rings is 6. The van der Waals surface area contributed by atoms with Gasteiger partial charge in [0.05, 0.1) is 0 Å². The molecule has 0 aliphatic heterocycles. The van der Waals surface area contributed by atoms with E-state index in [4.69, 9.17) is 0 Å². The summed E-state index contributed by atoms with van der Waals surface area (Å²) in [7, 11) is 0. The second kappa shape index (κ2) is 17.5. The highest BCUT2D eigenvalue weighted by Gasteiger charge is 2.52. The monoisotopic (exact) mass is 945 g/mol. The highest BCUT2D eigenvalue weighted by Crippen LogP contribution is 2.31. The van der Waals surface area contributed by atoms with E-state index < -0.39 is 150 Å². The lowest BCUT2D eigenvalue weighted by Crippen LogP contribution is -2.81. The number of Topliss-reactive ketones (excluding diaryl/α,β-unsaturated/α-hetero) is 1. The summed E-state index contributed by atoms with van der Waals surface area (Å²) >= 11 is 0. The van der Waals surface area contributed by atoms with Crippen LogP contribution in [0.25, 0.3) is 10.9 Å². The SMILES string of the molecule is Fc1c(F)c(F)c([B-](c2c(F)c(F)c(F)c(F)c2F)(c2c(F)c(F)c(F)c(F)c2F)c2c(F)c(F)c(F)c(F)c2F)c(F)c1F.O=C(C[n+]1cccc2ccccc21)c1cccc(F)c1. The van der Waals surface area contributed by atoms with Gasteiger partial charge in [-0.2, -0.15) is 4.57 Å². The minimum Gasteiger partial charge on any atom is -0.287 e. The molecule has 0 saturated carbocycles. The minimum atomic E-state index is -7.22. The molecular formula is C41H13BF21NO. The molecule has 0 fully saturated rings. The molecule has 0 radical (unpaired) electrons. The van der Waals surface area contributed by atoms with E-state index >= 15 is 35.1 Å². The van der Waals surface area contributed by atoms with Crippen LogP contribution in [0.1, 0.15) is 10.4 Å². The Morgan fingerprint density at radius 3 is 1.02 bits per heavy atom. The Balaban J connectivity index is 0.000000289. The number of carbonyl (C=O) groups is 1. The minimum absolute atomic E-state index is 0.106. The molecule has 1 heterocycles. The van der Waals surface area contributed by atoms with Gasteiger partial charge in [0.25, 0.3) is 0 Å². The van der Waals surface area contributed by atoms with Gasteiger partial charge in [0, 0.05) is 23.1 Å². The van der Waals surface area contributed by atoms with Gasteiger partial charge in [-0.25, -0.2) is 92.2 Å². The van der Waals surface area contributed by atoms with Crippen molar-refractivity contribution in [2.24, 2.45) is 0 Å². The number of carbonyl (C=O) groups excluding carboxylic acids is 1. The van der Waals surface area contributed by atoms with Gasteiger partial charge in [-0.05, 0) is 24.3 Å². The summed E-state index contributed by atoms with van der Waals surface area (Å²) in [5, 5.41) is 1.07. The third-order valence-corrected chi connectivity index (χ3v) is 9.96. The first-order chi connectivity index (χ1) is 30.4. The second-order valence-electron chi connectivity index (χ2n) is 13.4. The standard InChI is InChI=1S/C24BF20.C17H13FNO/c26-5-1(6(27)14(35)21(42)13(5)34)25(2-7(28)15(36)22(43)16(37)8(2)29,3-9(30)17(38)23(44)18(39)10(3)31)4-11(32)19(40)24(45)20(41)12(4)33;18-15-8-3-6-14(11-15)17(20)12-19-10-4-7-13-5-1-2-9-16(13)19/h;1-11H,12H2/q-1;+1. The number of nitrogens with zero attached hydrogens (tertiary/aromatic N) is 1. The van der Waals surface area contributed by atoms with Crippen molar-refractivity contribution < 1.29 is 102 Å². The van der Waals surface area contributed by atoms with Crippen LogP contribution in [0.15, 0.2) is 66.9 Å². The first-order valence-corrected chi connectivity index (χ1v) is 17.3. The molecule has 0 bridgehead atoms. The maximum atomic E-state index is 15.4. The maximum Gasteiger partial charge on any atom is 0.227 e. The fraction of sp³-hybridized carbons (Fsp3) is 0.0244. The maximum absolute atomic E-state index is 15.4. The summed E-state index contributed by atoms with van der Waals surface area (Å²) in [5.74, 6) is -71.9. The lowest BCUT2D eigenvalue weighted by Gasteiger charge is -2.44. The summed E-state index contributed by atoms with van der Waals surface area (Å²) < 4.78 is 309. The van der Waals surface area contributed by atoms with E-state index in [1.165, 1.54) is 12.1 Å². The first-order valence-electron chi connectivity index (χ1n) is 17.3. The van der Waals surface area contributed by atoms with Gasteiger partial charge >= 0.3 is 0 Å². The molecule has 0 aliphatic rings. The van der Waals surface area contributed by atoms with Crippen molar-refractivity contribution in [1.82, 2.24) is 0 Å². The zero-order valence-electron chi connectivity index (χ0n) is 30.9. The molecular weight excluding hydrogens is 932 g/mol. The average molecular weight is 945 g/mol. The third-order valence-electron chi connectivity index (χ3n) is 9.96. The quantitative estimate of drug-likeness (QED) is 0.0391. The smallest absolute Gasteiger partial charge is 0.227 e. The molecule has 7 aromatic rings. The van der Waals surface area contributed by atoms with E-state index in [9.17, 15) is 61.9 Å². The van der Waals surface area contributed by atoms with E-state index in [2.05, 4.69) is 0 Å². The van der Waals surface area contributed by atoms with E-state index in [0.717, 1.165) is 10.9 Å². The zero-order valence-corrected chi connectivity index (χ0v) is 30.9. The molecule has 6 aromatic carbocycles. The Morgan fingerprint density at radius 1 is 0.369 bits per heavy atom. The summed E-state index contributed by atoms with van der Waals surface area (Å²) in [6.07, 6.45) is -5.36. The van der Waals surface area contributed by atoms with Crippen molar-refractivity contribution in [3.63, 3.8) is 0 Å². The molecule has 0 aliphatic carbocycles. The zero-order chi connectivity index (χ0) is 48.3. The molecule has 0 spiro atoms. The molecule has 338 valence electrons. The van der Waals surface area contributed by atoms with Crippen LogP contribution in [-0.4, -0.2) is 11.9 Å². The Labute approximate surface area is 347 Å². The van der Waals surface area contributed by atoms with Crippen LogP contribution in [-0.2, 0) is 6.54 Å². The number of hydrogen-bond acceptors (Lipinski definition) is 1. The van der Waals surface area contributed by atoms with E-state index in [-0.39, 0.29) is 12.3 Å². The highest BCUT2D eigenvalue weighted by atomic mass is 19.2. The molecule has 7 rings (SSSR count). The molecule has 2 nitrogen and oxygen atoms in total. The lowest BCUT2D eigenvalue weighted by molar-refractivity contribution is -0.657. The Morgan fingerprint density at radius 2 is 0.677 bits per heavy atom. The van der Waals surface area contributed by atoms with Crippen molar-refractivity contribution in [3.8, 4) is 0 Å². The molecule has 1 aromatic heterocycles. The summed E-state index contributed by atoms with van der Waals surface area (Å²) in [5.41, 5.74) is -12.9. The van der Waals surface area contributed by atoms with Crippen molar-refractivity contribution in [2.45, 2.75) is 6.54 Å². The van der Waals surface area contributed by atoms with Crippen LogP contribution in [0.5, 0.6) is 0 Å². The number of rotatable bonds is 7. The van der Waals surface area contributed by atoms with E-state index in [1.54, 1.807) is 12.1 Å². The number of halogens is 21. The van der Waals surface area contributed by atoms with Crippen LogP contribution >= 0.6 is 0 Å². The summed E-state index contributed by atoms with van der Waals surface area (Å²) in [4.78, 5) is 12.2. The molecule has 0 amide bonds. The number of aromatic nitrogens is 1. The fourth-order valence-corrected chi connectivity index (χ4v) is 7.14. The van der Waals surface area contributed by atoms with Crippen molar-refractivity contribution >= 4 is 44.7 Å². The van der Waals surface area contributed by atoms with Crippen LogP contribution in [0.3, 0.4) is 0 Å². The molecule has 0 saturated heterocycles. The molecule has 0 unspecified atom stereocenters. The van der Waals surface area contributed by atoms with Crippen LogP contribution in [0.4, 0.5) is 92.2 Å². The predicted molar refractivity (Wildman–Crippen MR) is 184 cm³/mol. The number of pyridine rings is 1. The van der Waals surface area contributed by atoms with Gasteiger partial charge in [-0.1, -0.05) is 24.3 Å². The number of fused-ring (bicyclic) bond motifs is 1. The van der Waals surface area contributed by atoms with Crippen molar-refractivity contribution in [3.05, 3.63) is 195 Å². The van der Waals surface area contributed by atoms with Crippen LogP contribution in [0.2, 0.25) is 0 Å². The van der Waals surface area contributed by atoms with Crippen LogP contribution in [0, 0.1) is 122 Å². The fourth-order valence-electron chi connectivity index (χ4n) is 7.14. The largest absolute Gasteiger partial charge is 0.287 e. The molecule has 0 atom stereocenters. The van der Waals surface area contributed by atoms with Gasteiger partial charge in [0.1, 0.15) is 58.5 Å². The predicted octanol–water partition coefficient (Wildman–Crippen LogP) is 9.00. The van der Waals surface area contributed by atoms with Gasteiger partial charge in [0.2, 0.25) is 17.8 Å². The summed E-state index contributed by atoms with van der Waals surface area (Å²) in [6, 6.07) is 17.6. The number of ketones is 1. The van der Waals surface area contributed by atoms with Crippen LogP contribution < -0.4 is 26.4 Å². The lowest BCUT2D eigenvalue weighted by atomic mass is 9.12. The van der Waals surface area contributed by atoms with Gasteiger partial charge in [0.15, 0.2) is 76.0 Å². The Bertz CT molecular complexity index is 2740. The highest BCUT2D eigenvalue weighted by molar-refractivity contribution is 7.20. The molecule has 65 heavy (non-hydrogen) atoms. The molecule has 24 heteroatoms. The van der Waals surface area contributed by atoms with Gasteiger partial charge in [-0.3, -0.25) is 4.79 Å². The van der Waals surface area contributed by atoms with E-state index in [1.807, 2.05) is 47.2 Å². The Hall–Kier alpha value is -7.01. The number of para-hydroxylation sites is 1. The molecule has 0 N–H and O–H groups in total. The second-order valence-corrected chi connectivity index (χ2v) is 13.4. The summed E-state index contributed by atoms with van der Waals surface area (Å²) in [6.45, 7) is 0.199. The van der Waals surface area contributed by atoms with E-state index in [0.29, 0.717) is 5.56 Å². The number of hydrogen-bond donors (Lipinski definition) is 0.